The van der Waals surface area contributed by atoms with Crippen LogP contribution < -0.4 is 5.32 Å². The zero-order chi connectivity index (χ0) is 12.5. The molecule has 0 aromatic heterocycles. The first-order valence-electron chi connectivity index (χ1n) is 5.65. The molecule has 1 aromatic carbocycles. The van der Waals surface area contributed by atoms with Gasteiger partial charge in [0.25, 0.3) is 0 Å². The summed E-state index contributed by atoms with van der Waals surface area (Å²) in [6.45, 7) is 1.97. The Morgan fingerprint density at radius 2 is 2.00 bits per heavy atom. The normalized spacial score (nSPS) is 28.9. The summed E-state index contributed by atoms with van der Waals surface area (Å²) < 4.78 is 0. The van der Waals surface area contributed by atoms with Gasteiger partial charge in [0.1, 0.15) is 0 Å². The molecule has 3 nitrogen and oxygen atoms in total. The maximum atomic E-state index is 12.2. The summed E-state index contributed by atoms with van der Waals surface area (Å²) in [6, 6.07) is 9.64. The number of carbonyl (C=O) groups excluding carboxylic acids is 2. The van der Waals surface area contributed by atoms with Gasteiger partial charge >= 0.3 is 0 Å². The Balaban J connectivity index is 2.44. The number of rotatable bonds is 2. The van der Waals surface area contributed by atoms with E-state index in [4.69, 9.17) is 0 Å². The van der Waals surface area contributed by atoms with Gasteiger partial charge in [0, 0.05) is 0 Å². The highest BCUT2D eigenvalue weighted by molar-refractivity contribution is 9.10. The van der Waals surface area contributed by atoms with Crippen molar-refractivity contribution in [3.63, 3.8) is 0 Å². The fourth-order valence-corrected chi connectivity index (χ4v) is 2.98. The second kappa shape index (κ2) is 4.61. The Hall–Kier alpha value is -1.16. The third-order valence-corrected chi connectivity index (χ3v) is 4.15. The van der Waals surface area contributed by atoms with Gasteiger partial charge in [-0.1, -0.05) is 53.2 Å². The zero-order valence-electron chi connectivity index (χ0n) is 9.57. The van der Waals surface area contributed by atoms with Crippen LogP contribution in [-0.4, -0.2) is 16.6 Å². The predicted octanol–water partition coefficient (Wildman–Crippen LogP) is 2.14. The third-order valence-electron chi connectivity index (χ3n) is 3.41. The molecule has 2 amide bonds. The molecular weight excluding hydrogens is 282 g/mol. The van der Waals surface area contributed by atoms with Crippen molar-refractivity contribution in [2.45, 2.75) is 30.0 Å². The molecule has 1 fully saturated rings. The van der Waals surface area contributed by atoms with Gasteiger partial charge < -0.3 is 0 Å². The number of imide groups is 1. The number of halogens is 1. The van der Waals surface area contributed by atoms with E-state index in [9.17, 15) is 9.59 Å². The minimum atomic E-state index is -0.594. The van der Waals surface area contributed by atoms with Crippen LogP contribution in [0.3, 0.4) is 0 Å². The summed E-state index contributed by atoms with van der Waals surface area (Å²) in [5.41, 5.74) is 0.375. The summed E-state index contributed by atoms with van der Waals surface area (Å²) >= 11 is 3.33. The number of carbonyl (C=O) groups is 2. The average Bonchev–Trinajstić information content (AvgIpc) is 2.35. The van der Waals surface area contributed by atoms with Crippen molar-refractivity contribution >= 4 is 27.7 Å². The molecule has 0 unspecified atom stereocenters. The molecule has 0 saturated carbocycles. The lowest BCUT2D eigenvalue weighted by atomic mass is 9.72. The molecule has 1 aliphatic heterocycles. The summed E-state index contributed by atoms with van der Waals surface area (Å²) in [5.74, 6) is -0.429. The number of hydrogen-bond donors (Lipinski definition) is 1. The Kier molecular flexibility index (Phi) is 3.33. The van der Waals surface area contributed by atoms with Gasteiger partial charge in [0.15, 0.2) is 0 Å². The van der Waals surface area contributed by atoms with Crippen LogP contribution in [0.15, 0.2) is 30.3 Å². The van der Waals surface area contributed by atoms with Crippen molar-refractivity contribution in [1.29, 1.82) is 0 Å². The summed E-state index contributed by atoms with van der Waals surface area (Å²) in [7, 11) is 0. The summed E-state index contributed by atoms with van der Waals surface area (Å²) in [6.07, 6.45) is 1.19. The predicted molar refractivity (Wildman–Crippen MR) is 68.9 cm³/mol. The van der Waals surface area contributed by atoms with E-state index in [1.807, 2.05) is 37.3 Å². The SMILES string of the molecule is CC[C@@]1(c2ccccc2)C[C@@H](Br)C(=O)NC1=O. The lowest BCUT2D eigenvalue weighted by molar-refractivity contribution is -0.137. The molecule has 0 bridgehead atoms. The van der Waals surface area contributed by atoms with Crippen molar-refractivity contribution in [2.75, 3.05) is 0 Å². The molecule has 0 radical (unpaired) electrons. The number of piperidine rings is 1. The summed E-state index contributed by atoms with van der Waals surface area (Å²) in [4.78, 5) is 23.3. The van der Waals surface area contributed by atoms with Crippen LogP contribution in [0.5, 0.6) is 0 Å². The Morgan fingerprint density at radius 1 is 1.35 bits per heavy atom. The van der Waals surface area contributed by atoms with Gasteiger partial charge in [-0.25, -0.2) is 0 Å². The highest BCUT2D eigenvalue weighted by Crippen LogP contribution is 2.37. The van der Waals surface area contributed by atoms with E-state index in [0.717, 1.165) is 5.56 Å². The Labute approximate surface area is 109 Å². The van der Waals surface area contributed by atoms with Crippen LogP contribution in [0.2, 0.25) is 0 Å². The topological polar surface area (TPSA) is 46.2 Å². The molecule has 0 spiro atoms. The van der Waals surface area contributed by atoms with E-state index in [-0.39, 0.29) is 16.6 Å². The lowest BCUT2D eigenvalue weighted by Crippen LogP contribution is -2.55. The van der Waals surface area contributed by atoms with Crippen molar-refractivity contribution in [3.8, 4) is 0 Å². The van der Waals surface area contributed by atoms with Gasteiger partial charge in [0.2, 0.25) is 11.8 Å². The quantitative estimate of drug-likeness (QED) is 0.671. The van der Waals surface area contributed by atoms with E-state index < -0.39 is 5.41 Å². The van der Waals surface area contributed by atoms with E-state index in [2.05, 4.69) is 21.2 Å². The van der Waals surface area contributed by atoms with Crippen LogP contribution in [0.25, 0.3) is 0 Å². The van der Waals surface area contributed by atoms with E-state index in [1.165, 1.54) is 0 Å². The number of hydrogen-bond acceptors (Lipinski definition) is 2. The molecule has 90 valence electrons. The largest absolute Gasteiger partial charge is 0.295 e. The zero-order valence-corrected chi connectivity index (χ0v) is 11.2. The van der Waals surface area contributed by atoms with E-state index in [0.29, 0.717) is 12.8 Å². The second-order valence-electron chi connectivity index (χ2n) is 4.29. The second-order valence-corrected chi connectivity index (χ2v) is 5.40. The van der Waals surface area contributed by atoms with Crippen molar-refractivity contribution in [2.24, 2.45) is 0 Å². The minimum Gasteiger partial charge on any atom is -0.295 e. The van der Waals surface area contributed by atoms with Gasteiger partial charge in [-0.15, -0.1) is 0 Å². The molecule has 1 heterocycles. The molecule has 1 aromatic rings. The first-order chi connectivity index (χ1) is 8.10. The Bertz CT molecular complexity index is 446. The monoisotopic (exact) mass is 295 g/mol. The molecule has 1 aliphatic rings. The fraction of sp³-hybridized carbons (Fsp3) is 0.385. The van der Waals surface area contributed by atoms with Gasteiger partial charge in [-0.05, 0) is 18.4 Å². The highest BCUT2D eigenvalue weighted by atomic mass is 79.9. The van der Waals surface area contributed by atoms with Crippen LogP contribution in [0.4, 0.5) is 0 Å². The van der Waals surface area contributed by atoms with E-state index >= 15 is 0 Å². The van der Waals surface area contributed by atoms with Crippen LogP contribution in [0, 0.1) is 0 Å². The van der Waals surface area contributed by atoms with Gasteiger partial charge in [-0.2, -0.15) is 0 Å². The average molecular weight is 296 g/mol. The number of alkyl halides is 1. The van der Waals surface area contributed by atoms with Crippen LogP contribution in [0.1, 0.15) is 25.3 Å². The smallest absolute Gasteiger partial charge is 0.240 e. The molecule has 2 atom stereocenters. The maximum absolute atomic E-state index is 12.2. The molecular formula is C13H14BrNO2. The lowest BCUT2D eigenvalue weighted by Gasteiger charge is -2.37. The van der Waals surface area contributed by atoms with Crippen LogP contribution >= 0.6 is 15.9 Å². The summed E-state index contributed by atoms with van der Waals surface area (Å²) in [5, 5.41) is 2.44. The number of amides is 2. The molecule has 1 saturated heterocycles. The van der Waals surface area contributed by atoms with Crippen molar-refractivity contribution < 1.29 is 9.59 Å². The first kappa shape index (κ1) is 12.3. The van der Waals surface area contributed by atoms with E-state index in [1.54, 1.807) is 0 Å². The minimum absolute atomic E-state index is 0.188. The molecule has 2 rings (SSSR count). The number of benzene rings is 1. The highest BCUT2D eigenvalue weighted by Gasteiger charge is 2.46. The standard InChI is InChI=1S/C13H14BrNO2/c1-2-13(9-6-4-3-5-7-9)8-10(14)11(16)15-12(13)17/h3-7,10H,2,8H2,1H3,(H,15,16,17)/t10-,13+/m1/s1. The Morgan fingerprint density at radius 3 is 2.59 bits per heavy atom. The molecule has 1 N–H and O–H groups in total. The van der Waals surface area contributed by atoms with Gasteiger partial charge in [-0.3, -0.25) is 14.9 Å². The van der Waals surface area contributed by atoms with Crippen molar-refractivity contribution in [1.82, 2.24) is 5.32 Å². The first-order valence-corrected chi connectivity index (χ1v) is 6.56. The van der Waals surface area contributed by atoms with Crippen molar-refractivity contribution in [3.05, 3.63) is 35.9 Å². The molecule has 0 aliphatic carbocycles. The third kappa shape index (κ3) is 2.02. The van der Waals surface area contributed by atoms with Crippen LogP contribution in [-0.2, 0) is 15.0 Å². The fourth-order valence-electron chi connectivity index (χ4n) is 2.32. The van der Waals surface area contributed by atoms with Gasteiger partial charge in [0.05, 0.1) is 10.2 Å². The number of nitrogens with one attached hydrogen (secondary N) is 1. The molecule has 4 heteroatoms. The maximum Gasteiger partial charge on any atom is 0.240 e. The molecule has 17 heavy (non-hydrogen) atoms.